The van der Waals surface area contributed by atoms with Gasteiger partial charge in [-0.25, -0.2) is 0 Å². The molecule has 1 aromatic heterocycles. The van der Waals surface area contributed by atoms with E-state index in [4.69, 9.17) is 0 Å². The number of nitrogens with one attached hydrogen (secondary N) is 1. The number of hydrogen-bond donors (Lipinski definition) is 1. The van der Waals surface area contributed by atoms with E-state index in [-0.39, 0.29) is 17.3 Å². The second kappa shape index (κ2) is 8.17. The zero-order valence-corrected chi connectivity index (χ0v) is 16.4. The van der Waals surface area contributed by atoms with Crippen LogP contribution in [-0.4, -0.2) is 36.8 Å². The van der Waals surface area contributed by atoms with Crippen molar-refractivity contribution in [2.75, 3.05) is 11.1 Å². The van der Waals surface area contributed by atoms with Crippen LogP contribution >= 0.6 is 11.8 Å². The lowest BCUT2D eigenvalue weighted by Crippen LogP contribution is -2.15. The minimum Gasteiger partial charge on any atom is -0.325 e. The average Bonchev–Trinajstić information content (AvgIpc) is 3.09. The minimum absolute atomic E-state index is 0.0628. The molecule has 3 rings (SSSR count). The maximum Gasteiger partial charge on any atom is 0.271 e. The highest BCUT2D eigenvalue weighted by Crippen LogP contribution is 2.23. The number of benzene rings is 2. The number of nitrogens with zero attached hydrogens (tertiary/aromatic N) is 5. The van der Waals surface area contributed by atoms with Gasteiger partial charge in [0.25, 0.3) is 5.69 Å². The quantitative estimate of drug-likeness (QED) is 0.385. The van der Waals surface area contributed by atoms with Crippen molar-refractivity contribution in [2.24, 2.45) is 0 Å². The van der Waals surface area contributed by atoms with Gasteiger partial charge in [0.05, 0.1) is 22.1 Å². The number of hydrogen-bond acceptors (Lipinski definition) is 7. The van der Waals surface area contributed by atoms with Crippen molar-refractivity contribution in [3.63, 3.8) is 0 Å². The Bertz CT molecular complexity index is 1030. The normalized spacial score (nSPS) is 10.7. The largest absolute Gasteiger partial charge is 0.325 e. The number of carbonyl (C=O) groups excluding carboxylic acids is 1. The van der Waals surface area contributed by atoms with Gasteiger partial charge in [-0.15, -0.1) is 5.10 Å². The molecule has 1 amide bonds. The first-order chi connectivity index (χ1) is 13.3. The lowest BCUT2D eigenvalue weighted by Gasteiger charge is -2.09. The smallest absolute Gasteiger partial charge is 0.271 e. The summed E-state index contributed by atoms with van der Waals surface area (Å²) in [4.78, 5) is 22.7. The van der Waals surface area contributed by atoms with Crippen molar-refractivity contribution in [2.45, 2.75) is 25.9 Å². The summed E-state index contributed by atoms with van der Waals surface area (Å²) in [6.07, 6.45) is 0. The third-order valence-corrected chi connectivity index (χ3v) is 4.85. The number of nitro groups is 1. The molecule has 144 valence electrons. The number of carbonyl (C=O) groups is 1. The summed E-state index contributed by atoms with van der Waals surface area (Å²) >= 11 is 1.18. The maximum atomic E-state index is 12.3. The second-order valence-corrected chi connectivity index (χ2v) is 7.25. The Labute approximate surface area is 165 Å². The molecule has 0 saturated carbocycles. The van der Waals surface area contributed by atoms with E-state index in [2.05, 4.69) is 26.9 Å². The summed E-state index contributed by atoms with van der Waals surface area (Å²) in [5.41, 5.74) is 4.06. The van der Waals surface area contributed by atoms with Crippen LogP contribution in [0.5, 0.6) is 0 Å². The van der Waals surface area contributed by atoms with E-state index < -0.39 is 4.92 Å². The first-order valence-electron chi connectivity index (χ1n) is 8.38. The van der Waals surface area contributed by atoms with E-state index in [0.29, 0.717) is 10.8 Å². The molecule has 3 aromatic rings. The van der Waals surface area contributed by atoms with Crippen LogP contribution in [0, 0.1) is 30.9 Å². The maximum absolute atomic E-state index is 12.3. The zero-order valence-electron chi connectivity index (χ0n) is 15.5. The molecule has 28 heavy (non-hydrogen) atoms. The Hall–Kier alpha value is -3.27. The third-order valence-electron chi connectivity index (χ3n) is 3.93. The molecule has 0 atom stereocenters. The predicted molar refractivity (Wildman–Crippen MR) is 106 cm³/mol. The molecule has 0 radical (unpaired) electrons. The topological polar surface area (TPSA) is 116 Å². The Morgan fingerprint density at radius 3 is 2.57 bits per heavy atom. The molecule has 2 aromatic carbocycles. The van der Waals surface area contributed by atoms with Crippen molar-refractivity contribution in [1.82, 2.24) is 20.2 Å². The van der Waals surface area contributed by atoms with Crippen LogP contribution in [0.2, 0.25) is 0 Å². The molecule has 0 fully saturated rings. The predicted octanol–water partition coefficient (Wildman–Crippen LogP) is 3.23. The molecule has 0 bridgehead atoms. The number of aryl methyl sites for hydroxylation is 3. The van der Waals surface area contributed by atoms with Crippen LogP contribution in [0.1, 0.15) is 16.7 Å². The Balaban J connectivity index is 1.70. The summed E-state index contributed by atoms with van der Waals surface area (Å²) in [5, 5.41) is 25.8. The van der Waals surface area contributed by atoms with Gasteiger partial charge in [-0.3, -0.25) is 14.9 Å². The number of nitro benzene ring substituents is 1. The van der Waals surface area contributed by atoms with E-state index in [0.717, 1.165) is 22.4 Å². The lowest BCUT2D eigenvalue weighted by atomic mass is 10.1. The SMILES string of the molecule is Cc1cc(C)cc(-n2nnnc2SCC(=O)Nc2cc([N+](=O)[O-])ccc2C)c1. The van der Waals surface area contributed by atoms with Crippen LogP contribution < -0.4 is 5.32 Å². The summed E-state index contributed by atoms with van der Waals surface area (Å²) in [5.74, 6) is -0.239. The molecule has 0 spiro atoms. The number of amides is 1. The van der Waals surface area contributed by atoms with Gasteiger partial charge in [-0.05, 0) is 60.0 Å². The van der Waals surface area contributed by atoms with Crippen LogP contribution in [-0.2, 0) is 4.79 Å². The van der Waals surface area contributed by atoms with Crippen LogP contribution in [0.4, 0.5) is 11.4 Å². The van der Waals surface area contributed by atoms with Gasteiger partial charge in [0.15, 0.2) is 0 Å². The fourth-order valence-corrected chi connectivity index (χ4v) is 3.37. The Morgan fingerprint density at radius 2 is 1.89 bits per heavy atom. The van der Waals surface area contributed by atoms with Gasteiger partial charge in [0.1, 0.15) is 0 Å². The molecular formula is C18H18N6O3S. The summed E-state index contributed by atoms with van der Waals surface area (Å²) < 4.78 is 1.58. The summed E-state index contributed by atoms with van der Waals surface area (Å²) in [6.45, 7) is 5.75. The molecule has 1 heterocycles. The average molecular weight is 398 g/mol. The first-order valence-corrected chi connectivity index (χ1v) is 9.37. The van der Waals surface area contributed by atoms with E-state index in [1.165, 1.54) is 23.9 Å². The van der Waals surface area contributed by atoms with E-state index in [1.54, 1.807) is 17.7 Å². The first kappa shape index (κ1) is 19.5. The number of rotatable bonds is 6. The van der Waals surface area contributed by atoms with Gasteiger partial charge in [0, 0.05) is 12.1 Å². The monoisotopic (exact) mass is 398 g/mol. The van der Waals surface area contributed by atoms with Gasteiger partial charge in [-0.1, -0.05) is 23.9 Å². The lowest BCUT2D eigenvalue weighted by molar-refractivity contribution is -0.384. The minimum atomic E-state index is -0.498. The standard InChI is InChI=1S/C18H18N6O3S/c1-11-6-12(2)8-15(7-11)23-18(20-21-22-23)28-10-17(25)19-16-9-14(24(26)27)5-4-13(16)3/h4-9H,10H2,1-3H3,(H,19,25). The second-order valence-electron chi connectivity index (χ2n) is 6.31. The van der Waals surface area contributed by atoms with Gasteiger partial charge in [-0.2, -0.15) is 4.68 Å². The van der Waals surface area contributed by atoms with Crippen molar-refractivity contribution in [1.29, 1.82) is 0 Å². The molecule has 1 N–H and O–H groups in total. The molecule has 0 aliphatic rings. The highest BCUT2D eigenvalue weighted by Gasteiger charge is 2.14. The van der Waals surface area contributed by atoms with E-state index in [9.17, 15) is 14.9 Å². The summed E-state index contributed by atoms with van der Waals surface area (Å²) in [7, 11) is 0. The fourth-order valence-electron chi connectivity index (χ4n) is 2.68. The van der Waals surface area contributed by atoms with E-state index >= 15 is 0 Å². The van der Waals surface area contributed by atoms with Crippen LogP contribution in [0.3, 0.4) is 0 Å². The van der Waals surface area contributed by atoms with Crippen molar-refractivity contribution < 1.29 is 9.72 Å². The fraction of sp³-hybridized carbons (Fsp3) is 0.222. The molecule has 0 aliphatic heterocycles. The van der Waals surface area contributed by atoms with Gasteiger partial charge in [0.2, 0.25) is 11.1 Å². The Morgan fingerprint density at radius 1 is 1.18 bits per heavy atom. The van der Waals surface area contributed by atoms with Crippen molar-refractivity contribution in [3.05, 3.63) is 63.2 Å². The zero-order chi connectivity index (χ0) is 20.3. The van der Waals surface area contributed by atoms with Crippen molar-refractivity contribution in [3.8, 4) is 5.69 Å². The molecular weight excluding hydrogens is 380 g/mol. The molecule has 10 heteroatoms. The van der Waals surface area contributed by atoms with Crippen LogP contribution in [0.15, 0.2) is 41.6 Å². The summed E-state index contributed by atoms with van der Waals surface area (Å²) in [6, 6.07) is 10.3. The van der Waals surface area contributed by atoms with Crippen LogP contribution in [0.25, 0.3) is 5.69 Å². The molecule has 0 aliphatic carbocycles. The molecule has 0 saturated heterocycles. The molecule has 0 unspecified atom stereocenters. The highest BCUT2D eigenvalue weighted by molar-refractivity contribution is 7.99. The van der Waals surface area contributed by atoms with Gasteiger partial charge < -0.3 is 5.32 Å². The number of aromatic nitrogens is 4. The highest BCUT2D eigenvalue weighted by atomic mass is 32.2. The number of non-ortho nitro benzene ring substituents is 1. The molecule has 9 nitrogen and oxygen atoms in total. The number of anilines is 1. The van der Waals surface area contributed by atoms with Gasteiger partial charge >= 0.3 is 0 Å². The van der Waals surface area contributed by atoms with E-state index in [1.807, 2.05) is 26.0 Å². The number of tetrazole rings is 1. The third kappa shape index (κ3) is 4.52. The number of thioether (sulfide) groups is 1. The Kier molecular flexibility index (Phi) is 5.69. The van der Waals surface area contributed by atoms with Crippen molar-refractivity contribution >= 4 is 29.0 Å².